The van der Waals surface area contributed by atoms with E-state index in [9.17, 15) is 4.79 Å². The lowest BCUT2D eigenvalue weighted by atomic mass is 9.73. The molecule has 0 fully saturated rings. The second kappa shape index (κ2) is 8.54. The number of nitrogens with zero attached hydrogens (tertiary/aromatic N) is 3. The summed E-state index contributed by atoms with van der Waals surface area (Å²) in [5.74, 6) is 1.52. The SMILES string of the molecule is CC1(C)CC(=O)C2=C(C1)Nc1nc(SCc3ccccc3Cl)nn1C2c1cccc2ccccc12. The van der Waals surface area contributed by atoms with E-state index in [4.69, 9.17) is 21.7 Å². The van der Waals surface area contributed by atoms with Gasteiger partial charge in [-0.25, -0.2) is 4.68 Å². The Bertz CT molecular complexity index is 1500. The van der Waals surface area contributed by atoms with Crippen molar-refractivity contribution in [3.63, 3.8) is 0 Å². The molecule has 1 N–H and O–H groups in total. The molecule has 0 saturated heterocycles. The zero-order chi connectivity index (χ0) is 24.2. The van der Waals surface area contributed by atoms with Gasteiger partial charge in [-0.15, -0.1) is 5.10 Å². The van der Waals surface area contributed by atoms with Crippen molar-refractivity contribution < 1.29 is 4.79 Å². The molecule has 176 valence electrons. The molecule has 0 radical (unpaired) electrons. The summed E-state index contributed by atoms with van der Waals surface area (Å²) in [6, 6.07) is 22.1. The zero-order valence-electron chi connectivity index (χ0n) is 19.6. The molecule has 2 aliphatic rings. The molecule has 1 aliphatic carbocycles. The number of thioether (sulfide) groups is 1. The number of fused-ring (bicyclic) bond motifs is 2. The second-order valence-corrected chi connectivity index (χ2v) is 11.3. The van der Waals surface area contributed by atoms with Crippen LogP contribution < -0.4 is 5.32 Å². The van der Waals surface area contributed by atoms with Crippen LogP contribution in [0.1, 0.15) is 43.9 Å². The van der Waals surface area contributed by atoms with Crippen molar-refractivity contribution in [1.29, 1.82) is 0 Å². The molecule has 1 aliphatic heterocycles. The van der Waals surface area contributed by atoms with E-state index in [0.717, 1.165) is 44.6 Å². The predicted molar refractivity (Wildman–Crippen MR) is 142 cm³/mol. The van der Waals surface area contributed by atoms with Crippen LogP contribution in [0.5, 0.6) is 0 Å². The number of hydrogen-bond acceptors (Lipinski definition) is 5. The third-order valence-electron chi connectivity index (χ3n) is 6.75. The number of ketones is 1. The Balaban J connectivity index is 1.46. The van der Waals surface area contributed by atoms with E-state index in [0.29, 0.717) is 23.3 Å². The molecule has 7 heteroatoms. The Morgan fingerprint density at radius 3 is 2.69 bits per heavy atom. The average Bonchev–Trinajstić information content (AvgIpc) is 3.23. The number of carbonyl (C=O) groups excluding carboxylic acids is 1. The highest BCUT2D eigenvalue weighted by Gasteiger charge is 2.42. The fraction of sp³-hybridized carbons (Fsp3) is 0.250. The maximum Gasteiger partial charge on any atom is 0.227 e. The number of Topliss-reactive ketones (excluding diaryl/α,β-unsaturated/α-hetero) is 1. The molecular formula is C28H25ClN4OS. The summed E-state index contributed by atoms with van der Waals surface area (Å²) in [5.41, 5.74) is 3.78. The highest BCUT2D eigenvalue weighted by Crippen LogP contribution is 2.46. The molecular weight excluding hydrogens is 476 g/mol. The Hall–Kier alpha value is -3.09. The van der Waals surface area contributed by atoms with Gasteiger partial charge >= 0.3 is 0 Å². The molecule has 1 atom stereocenters. The largest absolute Gasteiger partial charge is 0.328 e. The first kappa shape index (κ1) is 22.4. The van der Waals surface area contributed by atoms with Crippen LogP contribution in [0.4, 0.5) is 5.95 Å². The van der Waals surface area contributed by atoms with Crippen molar-refractivity contribution >= 4 is 45.9 Å². The molecule has 2 heterocycles. The van der Waals surface area contributed by atoms with Gasteiger partial charge in [0.05, 0.1) is 0 Å². The van der Waals surface area contributed by atoms with Gasteiger partial charge < -0.3 is 5.32 Å². The van der Waals surface area contributed by atoms with Crippen LogP contribution in [-0.2, 0) is 10.5 Å². The molecule has 0 saturated carbocycles. The number of anilines is 1. The van der Waals surface area contributed by atoms with Crippen LogP contribution in [0, 0.1) is 5.41 Å². The first-order valence-corrected chi connectivity index (χ1v) is 13.1. The summed E-state index contributed by atoms with van der Waals surface area (Å²) in [6.07, 6.45) is 1.32. The maximum atomic E-state index is 13.5. The van der Waals surface area contributed by atoms with E-state index in [2.05, 4.69) is 49.5 Å². The molecule has 0 bridgehead atoms. The molecule has 0 spiro atoms. The molecule has 6 rings (SSSR count). The van der Waals surface area contributed by atoms with E-state index < -0.39 is 0 Å². The Labute approximate surface area is 213 Å². The molecule has 5 nitrogen and oxygen atoms in total. The summed E-state index contributed by atoms with van der Waals surface area (Å²) in [4.78, 5) is 18.4. The lowest BCUT2D eigenvalue weighted by Crippen LogP contribution is -2.36. The van der Waals surface area contributed by atoms with Gasteiger partial charge in [-0.2, -0.15) is 4.98 Å². The topological polar surface area (TPSA) is 59.8 Å². The Kier molecular flexibility index (Phi) is 5.46. The third kappa shape index (κ3) is 4.05. The van der Waals surface area contributed by atoms with Crippen LogP contribution in [0.15, 0.2) is 83.2 Å². The number of rotatable bonds is 4. The van der Waals surface area contributed by atoms with E-state index in [1.165, 1.54) is 0 Å². The predicted octanol–water partition coefficient (Wildman–Crippen LogP) is 7.04. The Morgan fingerprint density at radius 1 is 1.06 bits per heavy atom. The van der Waals surface area contributed by atoms with Gasteiger partial charge in [0.2, 0.25) is 11.1 Å². The van der Waals surface area contributed by atoms with Gasteiger partial charge in [-0.1, -0.05) is 97.9 Å². The van der Waals surface area contributed by atoms with Crippen molar-refractivity contribution in [1.82, 2.24) is 14.8 Å². The molecule has 0 amide bonds. The summed E-state index contributed by atoms with van der Waals surface area (Å²) in [6.45, 7) is 4.29. The molecule has 1 aromatic heterocycles. The molecule has 1 unspecified atom stereocenters. The van der Waals surface area contributed by atoms with Crippen LogP contribution in [0.2, 0.25) is 5.02 Å². The van der Waals surface area contributed by atoms with Gasteiger partial charge in [0.1, 0.15) is 6.04 Å². The van der Waals surface area contributed by atoms with Crippen molar-refractivity contribution in [3.8, 4) is 0 Å². The van der Waals surface area contributed by atoms with Crippen molar-refractivity contribution in [2.24, 2.45) is 5.41 Å². The first-order chi connectivity index (χ1) is 16.9. The maximum absolute atomic E-state index is 13.5. The number of aromatic nitrogens is 3. The summed E-state index contributed by atoms with van der Waals surface area (Å²) < 4.78 is 1.89. The van der Waals surface area contributed by atoms with Gasteiger partial charge in [-0.05, 0) is 39.8 Å². The fourth-order valence-electron chi connectivity index (χ4n) is 5.18. The zero-order valence-corrected chi connectivity index (χ0v) is 21.2. The third-order valence-corrected chi connectivity index (χ3v) is 8.00. The van der Waals surface area contributed by atoms with Gasteiger partial charge in [-0.3, -0.25) is 4.79 Å². The quantitative estimate of drug-likeness (QED) is 0.305. The number of carbonyl (C=O) groups is 1. The highest BCUT2D eigenvalue weighted by atomic mass is 35.5. The van der Waals surface area contributed by atoms with Crippen LogP contribution in [0.3, 0.4) is 0 Å². The van der Waals surface area contributed by atoms with Gasteiger partial charge in [0, 0.05) is 28.5 Å². The lowest BCUT2D eigenvalue weighted by molar-refractivity contribution is -0.118. The normalized spacial score (nSPS) is 18.8. The van der Waals surface area contributed by atoms with Crippen LogP contribution in [-0.4, -0.2) is 20.5 Å². The van der Waals surface area contributed by atoms with Crippen molar-refractivity contribution in [3.05, 3.63) is 94.1 Å². The van der Waals surface area contributed by atoms with Crippen LogP contribution in [0.25, 0.3) is 10.8 Å². The van der Waals surface area contributed by atoms with Crippen LogP contribution >= 0.6 is 23.4 Å². The molecule has 3 aromatic carbocycles. The molecule has 35 heavy (non-hydrogen) atoms. The van der Waals surface area contributed by atoms with Gasteiger partial charge in [0.15, 0.2) is 5.78 Å². The fourth-order valence-corrected chi connectivity index (χ4v) is 6.30. The minimum atomic E-state index is -0.321. The number of benzene rings is 3. The Morgan fingerprint density at radius 2 is 1.83 bits per heavy atom. The summed E-state index contributed by atoms with van der Waals surface area (Å²) >= 11 is 7.90. The van der Waals surface area contributed by atoms with E-state index in [-0.39, 0.29) is 17.2 Å². The second-order valence-electron chi connectivity index (χ2n) is 9.97. The minimum absolute atomic E-state index is 0.101. The smallest absolute Gasteiger partial charge is 0.227 e. The van der Waals surface area contributed by atoms with E-state index in [1.54, 1.807) is 11.8 Å². The van der Waals surface area contributed by atoms with E-state index >= 15 is 0 Å². The number of halogens is 1. The van der Waals surface area contributed by atoms with E-state index in [1.807, 2.05) is 41.1 Å². The summed E-state index contributed by atoms with van der Waals surface area (Å²) in [7, 11) is 0. The monoisotopic (exact) mass is 500 g/mol. The van der Waals surface area contributed by atoms with Crippen molar-refractivity contribution in [2.45, 2.75) is 43.6 Å². The van der Waals surface area contributed by atoms with Crippen molar-refractivity contribution in [2.75, 3.05) is 5.32 Å². The lowest BCUT2D eigenvalue weighted by Gasteiger charge is -2.38. The van der Waals surface area contributed by atoms with Gasteiger partial charge in [0.25, 0.3) is 0 Å². The first-order valence-electron chi connectivity index (χ1n) is 11.7. The minimum Gasteiger partial charge on any atom is -0.328 e. The molecule has 4 aromatic rings. The standard InChI is InChI=1S/C28H25ClN4OS/c1-28(2)14-22-24(23(34)15-28)25(20-12-7-10-17-8-3-5-11-19(17)20)33-26(30-22)31-27(32-33)35-16-18-9-4-6-13-21(18)29/h3-13,25H,14-16H2,1-2H3,(H,30,31,32). The number of nitrogens with one attached hydrogen (secondary N) is 1. The average molecular weight is 501 g/mol. The number of hydrogen-bond donors (Lipinski definition) is 1. The summed E-state index contributed by atoms with van der Waals surface area (Å²) in [5, 5.41) is 12.0. The highest BCUT2D eigenvalue weighted by molar-refractivity contribution is 7.98. The number of allylic oxidation sites excluding steroid dienone is 2.